The summed E-state index contributed by atoms with van der Waals surface area (Å²) >= 11 is 0. The Kier molecular flexibility index (Phi) is 4.40. The molecule has 0 spiro atoms. The van der Waals surface area contributed by atoms with Crippen LogP contribution in [0.5, 0.6) is 0 Å². The van der Waals surface area contributed by atoms with Gasteiger partial charge in [-0.2, -0.15) is 0 Å². The molecule has 0 fully saturated rings. The Morgan fingerprint density at radius 1 is 1.29 bits per heavy atom. The number of benzene rings is 1. The van der Waals surface area contributed by atoms with Crippen molar-refractivity contribution in [1.82, 2.24) is 0 Å². The maximum atomic E-state index is 11.8. The van der Waals surface area contributed by atoms with E-state index in [1.165, 1.54) is 6.92 Å². The number of Topliss-reactive ketones (excluding diaryl/α,β-unsaturated/α-hetero) is 1. The summed E-state index contributed by atoms with van der Waals surface area (Å²) in [7, 11) is 0. The van der Waals surface area contributed by atoms with E-state index in [-0.39, 0.29) is 23.7 Å². The third-order valence-electron chi connectivity index (χ3n) is 2.74. The van der Waals surface area contributed by atoms with Gasteiger partial charge in [-0.3, -0.25) is 9.59 Å². The number of hydrogen-bond acceptors (Lipinski definition) is 3. The molecule has 17 heavy (non-hydrogen) atoms. The second-order valence-electron chi connectivity index (χ2n) is 4.27. The van der Waals surface area contributed by atoms with Crippen LogP contribution in [0.1, 0.15) is 31.1 Å². The molecule has 2 atom stereocenters. The summed E-state index contributed by atoms with van der Waals surface area (Å²) in [6.07, 6.45) is 0. The Bertz CT molecular complexity index is 427. The Morgan fingerprint density at radius 2 is 1.94 bits per heavy atom. The molecule has 0 aromatic heterocycles. The van der Waals surface area contributed by atoms with Gasteiger partial charge >= 0.3 is 0 Å². The van der Waals surface area contributed by atoms with E-state index in [4.69, 9.17) is 5.73 Å². The van der Waals surface area contributed by atoms with Crippen molar-refractivity contribution in [3.05, 3.63) is 29.8 Å². The SMILES string of the molecule is CC(=O)c1cccc(NC(=O)C(C)C(C)N)c1. The lowest BCUT2D eigenvalue weighted by atomic mass is 10.0. The summed E-state index contributed by atoms with van der Waals surface area (Å²) in [5, 5.41) is 2.75. The van der Waals surface area contributed by atoms with Crippen molar-refractivity contribution in [1.29, 1.82) is 0 Å². The van der Waals surface area contributed by atoms with Gasteiger partial charge in [0.2, 0.25) is 5.91 Å². The number of amides is 1. The number of rotatable bonds is 4. The van der Waals surface area contributed by atoms with Crippen molar-refractivity contribution < 1.29 is 9.59 Å². The zero-order valence-electron chi connectivity index (χ0n) is 10.4. The quantitative estimate of drug-likeness (QED) is 0.780. The predicted octanol–water partition coefficient (Wildman–Crippen LogP) is 1.81. The molecular weight excluding hydrogens is 216 g/mol. The fourth-order valence-corrected chi connectivity index (χ4v) is 1.31. The first-order valence-corrected chi connectivity index (χ1v) is 5.59. The minimum absolute atomic E-state index is 0.0265. The van der Waals surface area contributed by atoms with Crippen LogP contribution in [0.3, 0.4) is 0 Å². The molecule has 1 aromatic rings. The van der Waals surface area contributed by atoms with Crippen molar-refractivity contribution in [2.24, 2.45) is 11.7 Å². The first kappa shape index (κ1) is 13.4. The second kappa shape index (κ2) is 5.59. The Morgan fingerprint density at radius 3 is 2.47 bits per heavy atom. The zero-order chi connectivity index (χ0) is 13.0. The molecule has 0 aliphatic heterocycles. The van der Waals surface area contributed by atoms with Gasteiger partial charge in [-0.15, -0.1) is 0 Å². The van der Waals surface area contributed by atoms with Gasteiger partial charge in [0.15, 0.2) is 5.78 Å². The third-order valence-corrected chi connectivity index (χ3v) is 2.74. The van der Waals surface area contributed by atoms with Gasteiger partial charge in [-0.25, -0.2) is 0 Å². The first-order chi connectivity index (χ1) is 7.91. The van der Waals surface area contributed by atoms with E-state index in [0.29, 0.717) is 11.3 Å². The van der Waals surface area contributed by atoms with Crippen LogP contribution in [0, 0.1) is 5.92 Å². The van der Waals surface area contributed by atoms with Gasteiger partial charge in [0.05, 0.1) is 5.92 Å². The maximum absolute atomic E-state index is 11.8. The molecule has 0 bridgehead atoms. The lowest BCUT2D eigenvalue weighted by Gasteiger charge is -2.15. The van der Waals surface area contributed by atoms with Gasteiger partial charge < -0.3 is 11.1 Å². The second-order valence-corrected chi connectivity index (χ2v) is 4.27. The van der Waals surface area contributed by atoms with Crippen LogP contribution in [-0.2, 0) is 4.79 Å². The summed E-state index contributed by atoms with van der Waals surface area (Å²) < 4.78 is 0. The van der Waals surface area contributed by atoms with Crippen LogP contribution in [0.2, 0.25) is 0 Å². The van der Waals surface area contributed by atoms with E-state index in [0.717, 1.165) is 0 Å². The number of anilines is 1. The van der Waals surface area contributed by atoms with Gasteiger partial charge in [0.1, 0.15) is 0 Å². The Hall–Kier alpha value is -1.68. The normalized spacial score (nSPS) is 13.9. The molecular formula is C13H18N2O2. The van der Waals surface area contributed by atoms with Crippen molar-refractivity contribution in [2.45, 2.75) is 26.8 Å². The summed E-state index contributed by atoms with van der Waals surface area (Å²) in [5.41, 5.74) is 6.85. The van der Waals surface area contributed by atoms with Crippen molar-refractivity contribution in [2.75, 3.05) is 5.32 Å². The Balaban J connectivity index is 2.78. The number of ketones is 1. The molecule has 2 unspecified atom stereocenters. The molecule has 0 saturated carbocycles. The fraction of sp³-hybridized carbons (Fsp3) is 0.385. The van der Waals surface area contributed by atoms with Crippen LogP contribution in [0.25, 0.3) is 0 Å². The number of carbonyl (C=O) groups excluding carboxylic acids is 2. The fourth-order valence-electron chi connectivity index (χ4n) is 1.31. The van der Waals surface area contributed by atoms with E-state index < -0.39 is 0 Å². The molecule has 0 heterocycles. The summed E-state index contributed by atoms with van der Waals surface area (Å²) in [5.74, 6) is -0.432. The number of hydrogen-bond donors (Lipinski definition) is 2. The van der Waals surface area contributed by atoms with Gasteiger partial charge in [0, 0.05) is 17.3 Å². The monoisotopic (exact) mass is 234 g/mol. The highest BCUT2D eigenvalue weighted by atomic mass is 16.2. The summed E-state index contributed by atoms with van der Waals surface area (Å²) in [6.45, 7) is 5.05. The molecule has 4 heteroatoms. The minimum atomic E-state index is -0.268. The van der Waals surface area contributed by atoms with Gasteiger partial charge in [0.25, 0.3) is 0 Å². The number of nitrogens with one attached hydrogen (secondary N) is 1. The number of nitrogens with two attached hydrogens (primary N) is 1. The van der Waals surface area contributed by atoms with E-state index in [1.54, 1.807) is 38.1 Å². The molecule has 1 amide bonds. The largest absolute Gasteiger partial charge is 0.327 e. The molecule has 0 radical (unpaired) electrons. The smallest absolute Gasteiger partial charge is 0.228 e. The molecule has 0 saturated heterocycles. The number of carbonyl (C=O) groups is 2. The van der Waals surface area contributed by atoms with Crippen LogP contribution < -0.4 is 11.1 Å². The highest BCUT2D eigenvalue weighted by Crippen LogP contribution is 2.13. The molecule has 1 aromatic carbocycles. The lowest BCUT2D eigenvalue weighted by molar-refractivity contribution is -0.119. The molecule has 3 N–H and O–H groups in total. The van der Waals surface area contributed by atoms with Crippen LogP contribution in [0.4, 0.5) is 5.69 Å². The molecule has 0 aliphatic rings. The predicted molar refractivity (Wildman–Crippen MR) is 67.9 cm³/mol. The van der Waals surface area contributed by atoms with Crippen LogP contribution >= 0.6 is 0 Å². The minimum Gasteiger partial charge on any atom is -0.327 e. The Labute approximate surface area is 101 Å². The van der Waals surface area contributed by atoms with Crippen molar-refractivity contribution in [3.8, 4) is 0 Å². The maximum Gasteiger partial charge on any atom is 0.228 e. The summed E-state index contributed by atoms with van der Waals surface area (Å²) in [6, 6.07) is 6.66. The van der Waals surface area contributed by atoms with Crippen LogP contribution in [0.15, 0.2) is 24.3 Å². The molecule has 92 valence electrons. The third kappa shape index (κ3) is 3.67. The lowest BCUT2D eigenvalue weighted by Crippen LogP contribution is -2.34. The first-order valence-electron chi connectivity index (χ1n) is 5.59. The van der Waals surface area contributed by atoms with Crippen LogP contribution in [-0.4, -0.2) is 17.7 Å². The van der Waals surface area contributed by atoms with Crippen molar-refractivity contribution in [3.63, 3.8) is 0 Å². The molecule has 0 aliphatic carbocycles. The zero-order valence-corrected chi connectivity index (χ0v) is 10.4. The molecule has 4 nitrogen and oxygen atoms in total. The topological polar surface area (TPSA) is 72.2 Å². The highest BCUT2D eigenvalue weighted by molar-refractivity contribution is 5.97. The van der Waals surface area contributed by atoms with Crippen molar-refractivity contribution >= 4 is 17.4 Å². The van der Waals surface area contributed by atoms with E-state index in [2.05, 4.69) is 5.32 Å². The highest BCUT2D eigenvalue weighted by Gasteiger charge is 2.17. The van der Waals surface area contributed by atoms with E-state index >= 15 is 0 Å². The van der Waals surface area contributed by atoms with Gasteiger partial charge in [-0.05, 0) is 26.0 Å². The standard InChI is InChI=1S/C13H18N2O2/c1-8(9(2)14)13(17)15-12-6-4-5-11(7-12)10(3)16/h4-9H,14H2,1-3H3,(H,15,17). The van der Waals surface area contributed by atoms with Gasteiger partial charge in [-0.1, -0.05) is 19.1 Å². The molecule has 1 rings (SSSR count). The van der Waals surface area contributed by atoms with E-state index in [9.17, 15) is 9.59 Å². The summed E-state index contributed by atoms with van der Waals surface area (Å²) in [4.78, 5) is 23.0. The average Bonchev–Trinajstić information content (AvgIpc) is 2.28. The van der Waals surface area contributed by atoms with E-state index in [1.807, 2.05) is 0 Å². The average molecular weight is 234 g/mol.